The number of aromatic nitrogens is 1. The van der Waals surface area contributed by atoms with E-state index in [0.29, 0.717) is 55.7 Å². The topological polar surface area (TPSA) is 297 Å². The Morgan fingerprint density at radius 1 is 0.983 bits per heavy atom. The molecule has 13 N–H and O–H groups in total. The van der Waals surface area contributed by atoms with E-state index >= 15 is 0 Å². The highest BCUT2D eigenvalue weighted by atomic mass is 16.4. The molecule has 0 radical (unpaired) electrons. The van der Waals surface area contributed by atoms with Crippen LogP contribution in [-0.4, -0.2) is 124 Å². The number of hydrogen-bond donors (Lipinski definition) is 9. The van der Waals surface area contributed by atoms with Crippen LogP contribution in [0, 0.1) is 11.3 Å². The van der Waals surface area contributed by atoms with Crippen LogP contribution >= 0.6 is 0 Å². The molecule has 1 aliphatic heterocycles. The monoisotopic (exact) mass is 826 g/mol. The van der Waals surface area contributed by atoms with Gasteiger partial charge >= 0.3 is 5.97 Å². The first-order valence-corrected chi connectivity index (χ1v) is 20.6. The Morgan fingerprint density at radius 3 is 2.27 bits per heavy atom. The number of guanidine groups is 1. The molecule has 0 bridgehead atoms. The molecule has 328 valence electrons. The molecule has 1 aliphatic rings. The number of rotatable bonds is 22. The van der Waals surface area contributed by atoms with E-state index in [0.717, 1.165) is 10.9 Å². The average molecular weight is 826 g/mol. The summed E-state index contributed by atoms with van der Waals surface area (Å²) >= 11 is 0. The molecule has 0 spiro atoms. The number of carboxylic acids is 1. The fourth-order valence-corrected chi connectivity index (χ4v) is 7.29. The second-order valence-electron chi connectivity index (χ2n) is 16.8. The average Bonchev–Trinajstić information content (AvgIpc) is 3.83. The largest absolute Gasteiger partial charge is 0.480 e. The Labute approximate surface area is 347 Å². The number of imide groups is 1. The van der Waals surface area contributed by atoms with Gasteiger partial charge in [0.15, 0.2) is 5.96 Å². The zero-order valence-corrected chi connectivity index (χ0v) is 35.5. The molecule has 1 aromatic heterocycles. The van der Waals surface area contributed by atoms with Crippen LogP contribution in [0.2, 0.25) is 0 Å². The molecule has 5 amide bonds. The Balaban J connectivity index is 2.00. The molecule has 0 saturated carbocycles. The van der Waals surface area contributed by atoms with Gasteiger partial charge in [0.1, 0.15) is 24.2 Å². The number of hydrogen-bond acceptors (Lipinski definition) is 10. The number of nitrogens with one attached hydrogen (secondary N) is 4. The Bertz CT molecular complexity index is 1790. The summed E-state index contributed by atoms with van der Waals surface area (Å²) in [5, 5.41) is 19.9. The van der Waals surface area contributed by atoms with Crippen molar-refractivity contribution in [3.63, 3.8) is 0 Å². The number of H-pyrrole nitrogens is 1. The van der Waals surface area contributed by atoms with Crippen molar-refractivity contribution in [2.75, 3.05) is 26.7 Å². The number of likely N-dealkylation sites (tertiary alicyclic amines) is 1. The normalized spacial score (nSPS) is 16.8. The van der Waals surface area contributed by atoms with Gasteiger partial charge in [0.25, 0.3) is 5.91 Å². The van der Waals surface area contributed by atoms with Crippen LogP contribution in [0.15, 0.2) is 35.5 Å². The number of aliphatic carboxylic acids is 1. The number of nitrogens with two attached hydrogens (primary N) is 4. The maximum Gasteiger partial charge on any atom is 0.326 e. The molecule has 2 aromatic rings. The smallest absolute Gasteiger partial charge is 0.326 e. The predicted molar refractivity (Wildman–Crippen MR) is 226 cm³/mol. The number of aromatic amines is 1. The number of fused-ring (bicyclic) bond motifs is 1. The third kappa shape index (κ3) is 13.5. The summed E-state index contributed by atoms with van der Waals surface area (Å²) < 4.78 is 0. The standard InChI is InChI=1S/C41H67N11O7/c1-24(2)21-32(39(58)59)52(38(57)33(43)41(3,4)5)37(56)30(22-25-23-48-27-14-8-7-13-26(25)27)50-35(54)31-17-12-20-51(31)36(55)29(15-9-10-18-42)49-34(53)28(46-6)16-11-19-47-40(44)45/h7-8,13-14,23-24,28-33,46,48H,9-12,15-22,42-43H2,1-6H3,(H,49,53)(H,50,54)(H,58,59)(H4,44,45,47). The highest BCUT2D eigenvalue weighted by Crippen LogP contribution is 2.26. The highest BCUT2D eigenvalue weighted by molar-refractivity contribution is 6.05. The maximum absolute atomic E-state index is 14.9. The SMILES string of the molecule is CNC(CCCN=C(N)N)C(=O)NC(CCCCN)C(=O)N1CCCC1C(=O)NC(Cc1c[nH]c2ccccc12)C(=O)N(C(=O)C(N)C(C)(C)C)C(CC(C)C)C(=O)O. The van der Waals surface area contributed by atoms with Crippen molar-refractivity contribution in [1.29, 1.82) is 0 Å². The van der Waals surface area contributed by atoms with Crippen LogP contribution in [0.1, 0.15) is 91.5 Å². The lowest BCUT2D eigenvalue weighted by Crippen LogP contribution is -2.63. The minimum Gasteiger partial charge on any atom is -0.480 e. The van der Waals surface area contributed by atoms with Gasteiger partial charge in [-0.15, -0.1) is 0 Å². The number of nitrogens with zero attached hydrogens (tertiary/aromatic N) is 3. The summed E-state index contributed by atoms with van der Waals surface area (Å²) in [7, 11) is 1.64. The van der Waals surface area contributed by atoms with Crippen molar-refractivity contribution in [3.8, 4) is 0 Å². The van der Waals surface area contributed by atoms with E-state index in [1.54, 1.807) is 47.9 Å². The molecule has 0 aliphatic carbocycles. The summed E-state index contributed by atoms with van der Waals surface area (Å²) in [6, 6.07) is 0.474. The van der Waals surface area contributed by atoms with Crippen molar-refractivity contribution < 1.29 is 33.9 Å². The van der Waals surface area contributed by atoms with Crippen molar-refractivity contribution >= 4 is 52.4 Å². The molecular formula is C41H67N11O7. The van der Waals surface area contributed by atoms with Crippen LogP contribution in [0.3, 0.4) is 0 Å². The van der Waals surface area contributed by atoms with Gasteiger partial charge in [-0.3, -0.25) is 33.9 Å². The van der Waals surface area contributed by atoms with Gasteiger partial charge in [0, 0.05) is 36.6 Å². The number of aliphatic imine (C=N–C) groups is 1. The van der Waals surface area contributed by atoms with Gasteiger partial charge in [-0.25, -0.2) is 4.79 Å². The maximum atomic E-state index is 14.9. The molecule has 1 fully saturated rings. The Morgan fingerprint density at radius 2 is 1.66 bits per heavy atom. The van der Waals surface area contributed by atoms with E-state index in [1.165, 1.54) is 4.90 Å². The quantitative estimate of drug-likeness (QED) is 0.0450. The highest BCUT2D eigenvalue weighted by Gasteiger charge is 2.45. The van der Waals surface area contributed by atoms with Crippen molar-refractivity contribution in [2.45, 2.75) is 129 Å². The minimum atomic E-state index is -1.57. The summed E-state index contributed by atoms with van der Waals surface area (Å²) in [5.74, 6) is -4.98. The molecule has 18 nitrogen and oxygen atoms in total. The Hall–Kier alpha value is -5.07. The molecule has 6 atom stereocenters. The molecule has 2 heterocycles. The molecule has 59 heavy (non-hydrogen) atoms. The minimum absolute atomic E-state index is 0.0509. The van der Waals surface area contributed by atoms with Gasteiger partial charge in [-0.1, -0.05) is 52.8 Å². The zero-order valence-electron chi connectivity index (χ0n) is 35.5. The lowest BCUT2D eigenvalue weighted by atomic mass is 9.85. The zero-order chi connectivity index (χ0) is 44.0. The summed E-state index contributed by atoms with van der Waals surface area (Å²) in [6.07, 6.45) is 4.60. The van der Waals surface area contributed by atoms with E-state index in [1.807, 2.05) is 24.3 Å². The number of amides is 5. The predicted octanol–water partition coefficient (Wildman–Crippen LogP) is 0.670. The number of carbonyl (C=O) groups excluding carboxylic acids is 5. The summed E-state index contributed by atoms with van der Waals surface area (Å²) in [6.45, 7) is 9.64. The lowest BCUT2D eigenvalue weighted by molar-refractivity contribution is -0.161. The van der Waals surface area contributed by atoms with Gasteiger partial charge in [0.05, 0.1) is 12.1 Å². The van der Waals surface area contributed by atoms with E-state index in [9.17, 15) is 33.9 Å². The van der Waals surface area contributed by atoms with Crippen LogP contribution in [0.4, 0.5) is 0 Å². The van der Waals surface area contributed by atoms with Crippen molar-refractivity contribution in [3.05, 3.63) is 36.0 Å². The van der Waals surface area contributed by atoms with E-state index < -0.39 is 77.2 Å². The second kappa shape index (κ2) is 22.3. The first kappa shape index (κ1) is 48.3. The molecule has 1 saturated heterocycles. The number of carbonyl (C=O) groups is 6. The molecule has 3 rings (SSSR count). The number of likely N-dealkylation sites (N-methyl/N-ethyl adjacent to an activating group) is 1. The molecule has 6 unspecified atom stereocenters. The molecular weight excluding hydrogens is 759 g/mol. The summed E-state index contributed by atoms with van der Waals surface area (Å²) in [4.78, 5) is 93.4. The third-order valence-corrected chi connectivity index (χ3v) is 10.7. The van der Waals surface area contributed by atoms with Crippen molar-refractivity contribution in [2.24, 2.45) is 39.3 Å². The van der Waals surface area contributed by atoms with Crippen LogP contribution in [0.25, 0.3) is 10.9 Å². The van der Waals surface area contributed by atoms with Gasteiger partial charge < -0.3 is 53.9 Å². The molecule has 18 heteroatoms. The third-order valence-electron chi connectivity index (χ3n) is 10.7. The van der Waals surface area contributed by atoms with Gasteiger partial charge in [-0.05, 0) is 87.9 Å². The second-order valence-corrected chi connectivity index (χ2v) is 16.8. The van der Waals surface area contributed by atoms with E-state index in [-0.39, 0.29) is 44.1 Å². The van der Waals surface area contributed by atoms with Gasteiger partial charge in [0.2, 0.25) is 23.6 Å². The van der Waals surface area contributed by atoms with E-state index in [4.69, 9.17) is 22.9 Å². The number of carboxylic acid groups (broad SMARTS) is 1. The van der Waals surface area contributed by atoms with Crippen LogP contribution < -0.4 is 38.9 Å². The van der Waals surface area contributed by atoms with Gasteiger partial charge in [-0.2, -0.15) is 0 Å². The number of unbranched alkanes of at least 4 members (excludes halogenated alkanes) is 1. The van der Waals surface area contributed by atoms with Crippen molar-refractivity contribution in [1.82, 2.24) is 30.7 Å². The number of benzene rings is 1. The number of para-hydroxylation sites is 1. The fourth-order valence-electron chi connectivity index (χ4n) is 7.29. The Kier molecular flexibility index (Phi) is 18.3. The van der Waals surface area contributed by atoms with Crippen LogP contribution in [-0.2, 0) is 35.2 Å². The first-order valence-electron chi connectivity index (χ1n) is 20.6. The van der Waals surface area contributed by atoms with E-state index in [2.05, 4.69) is 25.9 Å². The molecule has 1 aromatic carbocycles. The lowest BCUT2D eigenvalue weighted by Gasteiger charge is -2.37. The fraction of sp³-hybridized carbons (Fsp3) is 0.634. The first-order chi connectivity index (χ1) is 27.8. The summed E-state index contributed by atoms with van der Waals surface area (Å²) in [5.41, 5.74) is 23.6. The van der Waals surface area contributed by atoms with Crippen LogP contribution in [0.5, 0.6) is 0 Å².